The predicted molar refractivity (Wildman–Crippen MR) is 62.1 cm³/mol. The van der Waals surface area contributed by atoms with Crippen LogP contribution in [0, 0.1) is 11.8 Å². The molecule has 5 nitrogen and oxygen atoms in total. The second-order valence-electron chi connectivity index (χ2n) is 4.33. The van der Waals surface area contributed by atoms with Gasteiger partial charge < -0.3 is 10.6 Å². The molecule has 1 unspecified atom stereocenters. The molecule has 1 aromatic heterocycles. The molecule has 1 saturated heterocycles. The van der Waals surface area contributed by atoms with Crippen molar-refractivity contribution in [2.45, 2.75) is 20.3 Å². The number of nitrogens with one attached hydrogen (secondary N) is 3. The number of carbonyl (C=O) groups is 1. The molecule has 1 aliphatic heterocycles. The number of hydrogen-bond acceptors (Lipinski definition) is 3. The van der Waals surface area contributed by atoms with E-state index in [1.165, 1.54) is 0 Å². The molecule has 88 valence electrons. The van der Waals surface area contributed by atoms with Crippen LogP contribution in [0.5, 0.6) is 0 Å². The molecule has 1 amide bonds. The van der Waals surface area contributed by atoms with E-state index in [1.54, 1.807) is 0 Å². The van der Waals surface area contributed by atoms with Crippen molar-refractivity contribution >= 4 is 11.7 Å². The molecule has 2 heterocycles. The Bertz CT molecular complexity index is 370. The monoisotopic (exact) mass is 222 g/mol. The summed E-state index contributed by atoms with van der Waals surface area (Å²) >= 11 is 0. The van der Waals surface area contributed by atoms with Gasteiger partial charge in [0, 0.05) is 17.7 Å². The second kappa shape index (κ2) is 4.65. The minimum atomic E-state index is 0.0445. The minimum absolute atomic E-state index is 0.0445. The number of anilines is 1. The molecular formula is C11H18N4O. The lowest BCUT2D eigenvalue weighted by atomic mass is 9.88. The normalized spacial score (nSPS) is 17.9. The maximum atomic E-state index is 11.9. The molecule has 0 saturated carbocycles. The van der Waals surface area contributed by atoms with Crippen molar-refractivity contribution < 1.29 is 4.79 Å². The third kappa shape index (κ3) is 2.24. The van der Waals surface area contributed by atoms with Crippen LogP contribution in [0.4, 0.5) is 5.82 Å². The van der Waals surface area contributed by atoms with Gasteiger partial charge in [0.05, 0.1) is 0 Å². The summed E-state index contributed by atoms with van der Waals surface area (Å²) in [6.45, 7) is 5.89. The van der Waals surface area contributed by atoms with Gasteiger partial charge in [0.25, 0.3) is 0 Å². The van der Waals surface area contributed by atoms with Gasteiger partial charge in [-0.1, -0.05) is 13.8 Å². The molecular weight excluding hydrogens is 204 g/mol. The van der Waals surface area contributed by atoms with Gasteiger partial charge in [-0.25, -0.2) is 0 Å². The highest BCUT2D eigenvalue weighted by Gasteiger charge is 2.28. The number of carbonyl (C=O) groups excluding carboxylic acids is 1. The topological polar surface area (TPSA) is 69.8 Å². The van der Waals surface area contributed by atoms with E-state index in [4.69, 9.17) is 0 Å². The Labute approximate surface area is 95.0 Å². The van der Waals surface area contributed by atoms with Crippen LogP contribution >= 0.6 is 0 Å². The highest BCUT2D eigenvalue weighted by Crippen LogP contribution is 2.17. The lowest BCUT2D eigenvalue weighted by Gasteiger charge is -2.31. The predicted octanol–water partition coefficient (Wildman–Crippen LogP) is 0.766. The Morgan fingerprint density at radius 3 is 2.94 bits per heavy atom. The van der Waals surface area contributed by atoms with Crippen LogP contribution in [0.15, 0.2) is 6.07 Å². The summed E-state index contributed by atoms with van der Waals surface area (Å²) in [6.07, 6.45) is 0.894. The molecule has 2 rings (SSSR count). The molecule has 1 aliphatic rings. The molecule has 16 heavy (non-hydrogen) atoms. The summed E-state index contributed by atoms with van der Waals surface area (Å²) in [6, 6.07) is 1.88. The third-order valence-corrected chi connectivity index (χ3v) is 3.20. The average molecular weight is 222 g/mol. The number of aryl methyl sites for hydroxylation is 1. The molecule has 0 aliphatic carbocycles. The maximum Gasteiger partial charge on any atom is 0.228 e. The molecule has 0 spiro atoms. The molecule has 1 fully saturated rings. The zero-order valence-corrected chi connectivity index (χ0v) is 9.71. The molecule has 0 bridgehead atoms. The summed E-state index contributed by atoms with van der Waals surface area (Å²) in [7, 11) is 0. The van der Waals surface area contributed by atoms with Crippen LogP contribution in [0.25, 0.3) is 0 Å². The first-order valence-corrected chi connectivity index (χ1v) is 5.76. The van der Waals surface area contributed by atoms with Crippen molar-refractivity contribution in [1.82, 2.24) is 15.5 Å². The van der Waals surface area contributed by atoms with Crippen LogP contribution < -0.4 is 10.6 Å². The molecule has 0 aromatic carbocycles. The van der Waals surface area contributed by atoms with E-state index in [-0.39, 0.29) is 11.8 Å². The number of H-pyrrole nitrogens is 1. The van der Waals surface area contributed by atoms with Gasteiger partial charge in [-0.15, -0.1) is 0 Å². The van der Waals surface area contributed by atoms with Crippen LogP contribution in [0.1, 0.15) is 19.5 Å². The summed E-state index contributed by atoms with van der Waals surface area (Å²) in [5, 5.41) is 12.9. The Balaban J connectivity index is 1.90. The summed E-state index contributed by atoms with van der Waals surface area (Å²) in [5.41, 5.74) is 1.04. The highest BCUT2D eigenvalue weighted by molar-refractivity contribution is 5.91. The van der Waals surface area contributed by atoms with E-state index in [1.807, 2.05) is 19.9 Å². The van der Waals surface area contributed by atoms with Gasteiger partial charge in [-0.2, -0.15) is 5.10 Å². The van der Waals surface area contributed by atoms with Crippen molar-refractivity contribution in [3.8, 4) is 0 Å². The second-order valence-corrected chi connectivity index (χ2v) is 4.33. The Kier molecular flexibility index (Phi) is 3.24. The number of aromatic nitrogens is 2. The van der Waals surface area contributed by atoms with E-state index < -0.39 is 0 Å². The van der Waals surface area contributed by atoms with E-state index in [2.05, 4.69) is 20.8 Å². The highest BCUT2D eigenvalue weighted by atomic mass is 16.2. The fourth-order valence-corrected chi connectivity index (χ4v) is 1.73. The first-order chi connectivity index (χ1) is 7.70. The quantitative estimate of drug-likeness (QED) is 0.704. The molecule has 1 atom stereocenters. The van der Waals surface area contributed by atoms with Gasteiger partial charge in [-0.05, 0) is 25.4 Å². The van der Waals surface area contributed by atoms with E-state index in [0.29, 0.717) is 11.7 Å². The van der Waals surface area contributed by atoms with Crippen LogP contribution in [0.2, 0.25) is 0 Å². The van der Waals surface area contributed by atoms with E-state index in [9.17, 15) is 4.79 Å². The van der Waals surface area contributed by atoms with E-state index >= 15 is 0 Å². The fraction of sp³-hybridized carbons (Fsp3) is 0.636. The number of amides is 1. The van der Waals surface area contributed by atoms with Crippen LogP contribution in [0.3, 0.4) is 0 Å². The van der Waals surface area contributed by atoms with Gasteiger partial charge in [0.2, 0.25) is 5.91 Å². The van der Waals surface area contributed by atoms with Gasteiger partial charge in [0.15, 0.2) is 5.82 Å². The van der Waals surface area contributed by atoms with Crippen LogP contribution in [-0.4, -0.2) is 29.2 Å². The lowest BCUT2D eigenvalue weighted by molar-refractivity contribution is -0.121. The minimum Gasteiger partial charge on any atom is -0.316 e. The average Bonchev–Trinajstić information content (AvgIpc) is 2.62. The number of aromatic amines is 1. The summed E-state index contributed by atoms with van der Waals surface area (Å²) in [5.74, 6) is 1.19. The molecule has 5 heteroatoms. The maximum absolute atomic E-state index is 11.9. The standard InChI is InChI=1S/C11H18N4O/c1-3-9-4-10(15-14-9)13-11(16)7(2)8-5-12-6-8/h4,7-8,12H,3,5-6H2,1-2H3,(H2,13,14,15,16). The van der Waals surface area contributed by atoms with Crippen molar-refractivity contribution in [2.24, 2.45) is 11.8 Å². The number of rotatable bonds is 4. The van der Waals surface area contributed by atoms with Crippen LogP contribution in [-0.2, 0) is 11.2 Å². The SMILES string of the molecule is CCc1cc(NC(=O)C(C)C2CNC2)n[nH]1. The fourth-order valence-electron chi connectivity index (χ4n) is 1.73. The Morgan fingerprint density at radius 1 is 1.69 bits per heavy atom. The number of hydrogen-bond donors (Lipinski definition) is 3. The Morgan fingerprint density at radius 2 is 2.44 bits per heavy atom. The first kappa shape index (κ1) is 11.1. The zero-order valence-electron chi connectivity index (χ0n) is 9.71. The van der Waals surface area contributed by atoms with Crippen molar-refractivity contribution in [3.63, 3.8) is 0 Å². The van der Waals surface area contributed by atoms with Gasteiger partial charge in [-0.3, -0.25) is 9.89 Å². The van der Waals surface area contributed by atoms with Crippen molar-refractivity contribution in [2.75, 3.05) is 18.4 Å². The lowest BCUT2D eigenvalue weighted by Crippen LogP contribution is -2.48. The molecule has 1 aromatic rings. The van der Waals surface area contributed by atoms with Crippen molar-refractivity contribution in [1.29, 1.82) is 0 Å². The number of nitrogens with zero attached hydrogens (tertiary/aromatic N) is 1. The van der Waals surface area contributed by atoms with Crippen molar-refractivity contribution in [3.05, 3.63) is 11.8 Å². The van der Waals surface area contributed by atoms with E-state index in [0.717, 1.165) is 25.2 Å². The summed E-state index contributed by atoms with van der Waals surface area (Å²) in [4.78, 5) is 11.9. The smallest absolute Gasteiger partial charge is 0.228 e. The van der Waals surface area contributed by atoms with Gasteiger partial charge in [0.1, 0.15) is 0 Å². The zero-order chi connectivity index (χ0) is 11.5. The largest absolute Gasteiger partial charge is 0.316 e. The Hall–Kier alpha value is -1.36. The molecule has 3 N–H and O–H groups in total. The van der Waals surface area contributed by atoms with Gasteiger partial charge >= 0.3 is 0 Å². The summed E-state index contributed by atoms with van der Waals surface area (Å²) < 4.78 is 0. The third-order valence-electron chi connectivity index (χ3n) is 3.20. The molecule has 0 radical (unpaired) electrons. The first-order valence-electron chi connectivity index (χ1n) is 5.76.